The third kappa shape index (κ3) is 7.53. The van der Waals surface area contributed by atoms with Crippen molar-refractivity contribution in [2.45, 2.75) is 58.8 Å². The lowest BCUT2D eigenvalue weighted by Gasteiger charge is -2.28. The predicted octanol–water partition coefficient (Wildman–Crippen LogP) is 0.918. The molecule has 0 saturated carbocycles. The molecule has 0 unspecified atom stereocenters. The average Bonchev–Trinajstić information content (AvgIpc) is 2.70. The third-order valence-electron chi connectivity index (χ3n) is 4.10. The first kappa shape index (κ1) is 24.1. The van der Waals surface area contributed by atoms with Crippen LogP contribution in [0.4, 0.5) is 4.79 Å². The fourth-order valence-electron chi connectivity index (χ4n) is 2.37. The number of amides is 4. The van der Waals surface area contributed by atoms with Gasteiger partial charge in [0.2, 0.25) is 17.7 Å². The Balaban J connectivity index is 2.84. The van der Waals surface area contributed by atoms with Gasteiger partial charge in [-0.2, -0.15) is 0 Å². The zero-order valence-corrected chi connectivity index (χ0v) is 17.3. The van der Waals surface area contributed by atoms with Crippen LogP contribution in [0.25, 0.3) is 0 Å². The summed E-state index contributed by atoms with van der Waals surface area (Å²) in [4.78, 5) is 50.2. The number of ether oxygens (including phenoxy) is 1. The maximum absolute atomic E-state index is 12.5. The van der Waals surface area contributed by atoms with E-state index in [0.29, 0.717) is 11.4 Å². The second-order valence-corrected chi connectivity index (χ2v) is 6.73. The monoisotopic (exact) mass is 406 g/mol. The van der Waals surface area contributed by atoms with Crippen molar-refractivity contribution < 1.29 is 23.9 Å². The molecule has 0 bridgehead atoms. The average molecular weight is 406 g/mol. The minimum absolute atomic E-state index is 0.0629. The Morgan fingerprint density at radius 2 is 1.69 bits per heavy atom. The fourth-order valence-corrected chi connectivity index (χ4v) is 2.37. The van der Waals surface area contributed by atoms with Gasteiger partial charge in [-0.15, -0.1) is 0 Å². The van der Waals surface area contributed by atoms with E-state index >= 15 is 0 Å². The Morgan fingerprint density at radius 1 is 1.07 bits per heavy atom. The van der Waals surface area contributed by atoms with Crippen LogP contribution in [0.3, 0.4) is 0 Å². The number of nitrogens with zero attached hydrogens (tertiary/aromatic N) is 1. The molecule has 1 rings (SSSR count). The molecule has 0 aliphatic heterocycles. The first-order valence-electron chi connectivity index (χ1n) is 9.56. The van der Waals surface area contributed by atoms with E-state index < -0.39 is 36.0 Å². The molecule has 1 aromatic carbocycles. The first-order chi connectivity index (χ1) is 13.7. The minimum atomic E-state index is -1.21. The zero-order valence-electron chi connectivity index (χ0n) is 17.3. The zero-order chi connectivity index (χ0) is 22.0. The van der Waals surface area contributed by atoms with Crippen molar-refractivity contribution >= 4 is 23.8 Å². The summed E-state index contributed by atoms with van der Waals surface area (Å²) >= 11 is 0. The Bertz CT molecular complexity index is 708. The highest BCUT2D eigenvalue weighted by Crippen LogP contribution is 2.09. The summed E-state index contributed by atoms with van der Waals surface area (Å²) in [5.41, 5.74) is 6.36. The summed E-state index contributed by atoms with van der Waals surface area (Å²) in [6.45, 7) is 6.62. The number of nitrogens with two attached hydrogens (primary N) is 1. The summed E-state index contributed by atoms with van der Waals surface area (Å²) in [7, 11) is 0. The highest BCUT2D eigenvalue weighted by Gasteiger charge is 2.35. The Kier molecular flexibility index (Phi) is 9.81. The number of nitrogens with one attached hydrogen (secondary N) is 2. The maximum Gasteiger partial charge on any atom is 0.417 e. The number of carbonyl (C=O) groups is 4. The number of imide groups is 1. The second kappa shape index (κ2) is 11.8. The van der Waals surface area contributed by atoms with Gasteiger partial charge in [0.05, 0.1) is 6.04 Å². The summed E-state index contributed by atoms with van der Waals surface area (Å²) < 4.78 is 5.19. The van der Waals surface area contributed by atoms with Crippen LogP contribution < -0.4 is 16.4 Å². The van der Waals surface area contributed by atoms with Crippen molar-refractivity contribution in [2.24, 2.45) is 5.73 Å². The molecular weight excluding hydrogens is 376 g/mol. The lowest BCUT2D eigenvalue weighted by atomic mass is 10.2. The molecule has 9 heteroatoms. The van der Waals surface area contributed by atoms with Crippen LogP contribution in [-0.2, 0) is 25.7 Å². The lowest BCUT2D eigenvalue weighted by Crippen LogP contribution is -2.57. The number of rotatable bonds is 9. The number of benzene rings is 1. The van der Waals surface area contributed by atoms with Crippen molar-refractivity contribution in [3.05, 3.63) is 35.9 Å². The van der Waals surface area contributed by atoms with E-state index in [1.54, 1.807) is 24.3 Å². The van der Waals surface area contributed by atoms with Gasteiger partial charge in [0.15, 0.2) is 0 Å². The smallest absolute Gasteiger partial charge is 0.417 e. The van der Waals surface area contributed by atoms with E-state index in [-0.39, 0.29) is 12.5 Å². The van der Waals surface area contributed by atoms with Gasteiger partial charge < -0.3 is 21.1 Å². The molecule has 3 atom stereocenters. The van der Waals surface area contributed by atoms with Crippen LogP contribution in [0.15, 0.2) is 30.3 Å². The van der Waals surface area contributed by atoms with E-state index in [4.69, 9.17) is 10.5 Å². The first-order valence-corrected chi connectivity index (χ1v) is 9.56. The molecule has 0 saturated heterocycles. The van der Waals surface area contributed by atoms with Crippen molar-refractivity contribution in [1.29, 1.82) is 0 Å². The molecule has 9 nitrogen and oxygen atoms in total. The summed E-state index contributed by atoms with van der Waals surface area (Å²) in [5, 5.41) is 5.16. The van der Waals surface area contributed by atoms with E-state index in [2.05, 4.69) is 10.6 Å². The van der Waals surface area contributed by atoms with Gasteiger partial charge in [0, 0.05) is 6.54 Å². The minimum Gasteiger partial charge on any atom is -0.444 e. The Hall–Kier alpha value is -2.94. The summed E-state index contributed by atoms with van der Waals surface area (Å²) in [6, 6.07) is 5.86. The topological polar surface area (TPSA) is 131 Å². The highest BCUT2D eigenvalue weighted by atomic mass is 16.6. The van der Waals surface area contributed by atoms with Gasteiger partial charge in [-0.05, 0) is 32.8 Å². The van der Waals surface area contributed by atoms with Crippen LogP contribution in [0.1, 0.15) is 39.7 Å². The molecule has 4 N–H and O–H groups in total. The molecule has 0 heterocycles. The number of carbonyl (C=O) groups excluding carboxylic acids is 4. The Labute approximate surface area is 170 Å². The lowest BCUT2D eigenvalue weighted by molar-refractivity contribution is -0.139. The largest absolute Gasteiger partial charge is 0.444 e. The highest BCUT2D eigenvalue weighted by molar-refractivity contribution is 6.00. The molecule has 0 aliphatic rings. The normalized spacial score (nSPS) is 13.6. The van der Waals surface area contributed by atoms with Crippen molar-refractivity contribution in [2.75, 3.05) is 6.54 Å². The molecular formula is C20H30N4O5. The quantitative estimate of drug-likeness (QED) is 0.559. The molecule has 1 aromatic rings. The molecule has 0 aliphatic carbocycles. The molecule has 0 aromatic heterocycles. The van der Waals surface area contributed by atoms with Crippen LogP contribution in [-0.4, -0.2) is 53.4 Å². The second-order valence-electron chi connectivity index (χ2n) is 6.73. The van der Waals surface area contributed by atoms with Crippen LogP contribution in [0.5, 0.6) is 0 Å². The molecule has 0 radical (unpaired) electrons. The molecule has 0 spiro atoms. The van der Waals surface area contributed by atoms with E-state index in [1.807, 2.05) is 13.0 Å². The van der Waals surface area contributed by atoms with E-state index in [1.165, 1.54) is 20.8 Å². The summed E-state index contributed by atoms with van der Waals surface area (Å²) in [6.07, 6.45) is -0.228. The van der Waals surface area contributed by atoms with Gasteiger partial charge in [0.1, 0.15) is 18.7 Å². The summed E-state index contributed by atoms with van der Waals surface area (Å²) in [5.74, 6) is -1.78. The van der Waals surface area contributed by atoms with E-state index in [9.17, 15) is 19.2 Å². The standard InChI is InChI=1S/C20H30N4O5/c1-5-11-22-17(25)14(3)23-18(26)15(4)24(19(27)13(2)21)20(28)29-12-16-9-7-6-8-10-16/h6-10,13-15H,5,11-12,21H2,1-4H3,(H,22,25)(H,23,26)/t13-,14-,15-/m0/s1. The van der Waals surface area contributed by atoms with Gasteiger partial charge in [-0.1, -0.05) is 37.3 Å². The van der Waals surface area contributed by atoms with Crippen LogP contribution in [0.2, 0.25) is 0 Å². The van der Waals surface area contributed by atoms with Gasteiger partial charge in [-0.3, -0.25) is 14.4 Å². The predicted molar refractivity (Wildman–Crippen MR) is 107 cm³/mol. The van der Waals surface area contributed by atoms with Crippen LogP contribution in [0, 0.1) is 0 Å². The van der Waals surface area contributed by atoms with Gasteiger partial charge in [-0.25, -0.2) is 9.69 Å². The van der Waals surface area contributed by atoms with Crippen molar-refractivity contribution in [3.8, 4) is 0 Å². The SMILES string of the molecule is CCCNC(=O)[C@H](C)NC(=O)[C@H](C)N(C(=O)OCc1ccccc1)C(=O)[C@H](C)N. The molecule has 29 heavy (non-hydrogen) atoms. The van der Waals surface area contributed by atoms with Crippen molar-refractivity contribution in [1.82, 2.24) is 15.5 Å². The Morgan fingerprint density at radius 3 is 2.24 bits per heavy atom. The van der Waals surface area contributed by atoms with Gasteiger partial charge >= 0.3 is 6.09 Å². The van der Waals surface area contributed by atoms with Crippen molar-refractivity contribution in [3.63, 3.8) is 0 Å². The fraction of sp³-hybridized carbons (Fsp3) is 0.500. The molecule has 4 amide bonds. The number of hydrogen-bond donors (Lipinski definition) is 3. The number of hydrogen-bond acceptors (Lipinski definition) is 6. The van der Waals surface area contributed by atoms with Crippen LogP contribution >= 0.6 is 0 Å². The van der Waals surface area contributed by atoms with Gasteiger partial charge in [0.25, 0.3) is 0 Å². The molecule has 0 fully saturated rings. The maximum atomic E-state index is 12.5. The third-order valence-corrected chi connectivity index (χ3v) is 4.10. The van der Waals surface area contributed by atoms with E-state index in [0.717, 1.165) is 12.0 Å². The molecule has 160 valence electrons.